The molecule has 25 heavy (non-hydrogen) atoms. The van der Waals surface area contributed by atoms with Gasteiger partial charge < -0.3 is 0 Å². The SMILES string of the molecule is O=C1c2ccccc2C(=O)N1CCCCCCSc1ccc(Cl)cc1. The van der Waals surface area contributed by atoms with Crippen molar-refractivity contribution in [2.24, 2.45) is 0 Å². The molecule has 2 aromatic carbocycles. The Morgan fingerprint density at radius 3 is 2.04 bits per heavy atom. The molecule has 3 rings (SSSR count). The summed E-state index contributed by atoms with van der Waals surface area (Å²) in [5, 5.41) is 0.762. The number of unbranched alkanes of at least 4 members (excludes halogenated alkanes) is 3. The molecule has 0 aromatic heterocycles. The van der Waals surface area contributed by atoms with Crippen LogP contribution >= 0.6 is 23.4 Å². The molecule has 0 bridgehead atoms. The highest BCUT2D eigenvalue weighted by atomic mass is 35.5. The Morgan fingerprint density at radius 1 is 0.800 bits per heavy atom. The van der Waals surface area contributed by atoms with Crippen LogP contribution in [0, 0.1) is 0 Å². The molecule has 0 spiro atoms. The molecule has 0 atom stereocenters. The number of hydrogen-bond donors (Lipinski definition) is 0. The Labute approximate surface area is 157 Å². The number of halogens is 1. The lowest BCUT2D eigenvalue weighted by molar-refractivity contribution is 0.0651. The van der Waals surface area contributed by atoms with E-state index in [-0.39, 0.29) is 11.8 Å². The second-order valence-electron chi connectivity index (χ2n) is 6.02. The zero-order valence-corrected chi connectivity index (χ0v) is 15.5. The zero-order valence-electron chi connectivity index (χ0n) is 13.9. The van der Waals surface area contributed by atoms with Crippen LogP contribution < -0.4 is 0 Å². The lowest BCUT2D eigenvalue weighted by atomic mass is 10.1. The molecule has 0 aliphatic carbocycles. The third-order valence-corrected chi connectivity index (χ3v) is 5.59. The number of carbonyl (C=O) groups is 2. The number of amides is 2. The number of nitrogens with zero attached hydrogens (tertiary/aromatic N) is 1. The van der Waals surface area contributed by atoms with Crippen molar-refractivity contribution in [3.8, 4) is 0 Å². The number of hydrogen-bond acceptors (Lipinski definition) is 3. The molecule has 2 amide bonds. The second kappa shape index (κ2) is 8.54. The van der Waals surface area contributed by atoms with Crippen molar-refractivity contribution >= 4 is 35.2 Å². The van der Waals surface area contributed by atoms with Gasteiger partial charge >= 0.3 is 0 Å². The van der Waals surface area contributed by atoms with E-state index in [0.717, 1.165) is 36.5 Å². The van der Waals surface area contributed by atoms with Crippen LogP contribution in [-0.4, -0.2) is 29.0 Å². The van der Waals surface area contributed by atoms with Crippen LogP contribution in [0.25, 0.3) is 0 Å². The smallest absolute Gasteiger partial charge is 0.261 e. The number of carbonyl (C=O) groups excluding carboxylic acids is 2. The number of thioether (sulfide) groups is 1. The number of imide groups is 1. The third kappa shape index (κ3) is 4.44. The van der Waals surface area contributed by atoms with Gasteiger partial charge in [0.1, 0.15) is 0 Å². The van der Waals surface area contributed by atoms with Gasteiger partial charge in [0.15, 0.2) is 0 Å². The Bertz CT molecular complexity index is 726. The highest BCUT2D eigenvalue weighted by Gasteiger charge is 2.34. The van der Waals surface area contributed by atoms with Crippen molar-refractivity contribution in [3.05, 3.63) is 64.7 Å². The lowest BCUT2D eigenvalue weighted by Gasteiger charge is -2.13. The van der Waals surface area contributed by atoms with Crippen LogP contribution in [0.15, 0.2) is 53.4 Å². The van der Waals surface area contributed by atoms with E-state index in [4.69, 9.17) is 11.6 Å². The maximum absolute atomic E-state index is 12.2. The summed E-state index contributed by atoms with van der Waals surface area (Å²) in [5.74, 6) is 0.757. The summed E-state index contributed by atoms with van der Waals surface area (Å²) >= 11 is 7.70. The van der Waals surface area contributed by atoms with E-state index in [0.29, 0.717) is 17.7 Å². The molecule has 0 N–H and O–H groups in total. The summed E-state index contributed by atoms with van der Waals surface area (Å²) in [6, 6.07) is 14.9. The molecule has 1 aliphatic rings. The standard InChI is InChI=1S/C20H20ClNO2S/c21-15-9-11-16(12-10-15)25-14-6-2-1-5-13-22-19(23)17-7-3-4-8-18(17)20(22)24/h3-4,7-12H,1-2,5-6,13-14H2. The van der Waals surface area contributed by atoms with E-state index in [1.807, 2.05) is 36.0 Å². The van der Waals surface area contributed by atoms with Gasteiger partial charge in [-0.15, -0.1) is 11.8 Å². The van der Waals surface area contributed by atoms with Crippen molar-refractivity contribution < 1.29 is 9.59 Å². The number of fused-ring (bicyclic) bond motifs is 1. The van der Waals surface area contributed by atoms with Gasteiger partial charge in [0.05, 0.1) is 11.1 Å². The topological polar surface area (TPSA) is 37.4 Å². The van der Waals surface area contributed by atoms with Gasteiger partial charge in [0.2, 0.25) is 0 Å². The first-order chi connectivity index (χ1) is 12.2. The molecule has 1 heterocycles. The molecule has 0 saturated heterocycles. The molecule has 0 saturated carbocycles. The van der Waals surface area contributed by atoms with Crippen LogP contribution in [0.4, 0.5) is 0 Å². The minimum Gasteiger partial charge on any atom is -0.274 e. The Hall–Kier alpha value is -1.78. The molecular weight excluding hydrogens is 354 g/mol. The lowest BCUT2D eigenvalue weighted by Crippen LogP contribution is -2.30. The van der Waals surface area contributed by atoms with Crippen molar-refractivity contribution in [1.29, 1.82) is 0 Å². The highest BCUT2D eigenvalue weighted by molar-refractivity contribution is 7.99. The van der Waals surface area contributed by atoms with Crippen molar-refractivity contribution in [3.63, 3.8) is 0 Å². The zero-order chi connectivity index (χ0) is 17.6. The monoisotopic (exact) mass is 373 g/mol. The third-order valence-electron chi connectivity index (χ3n) is 4.24. The van der Waals surface area contributed by atoms with Gasteiger partial charge in [-0.05, 0) is 55.0 Å². The fraction of sp³-hybridized carbons (Fsp3) is 0.300. The van der Waals surface area contributed by atoms with Crippen LogP contribution in [0.5, 0.6) is 0 Å². The Balaban J connectivity index is 1.33. The van der Waals surface area contributed by atoms with E-state index in [1.165, 1.54) is 9.80 Å². The maximum atomic E-state index is 12.2. The van der Waals surface area contributed by atoms with Crippen molar-refractivity contribution in [2.75, 3.05) is 12.3 Å². The number of rotatable bonds is 8. The van der Waals surface area contributed by atoms with E-state index in [9.17, 15) is 9.59 Å². The average molecular weight is 374 g/mol. The minimum atomic E-state index is -0.154. The molecule has 130 valence electrons. The van der Waals surface area contributed by atoms with Gasteiger partial charge in [-0.3, -0.25) is 14.5 Å². The summed E-state index contributed by atoms with van der Waals surface area (Å²) in [6.07, 6.45) is 4.10. The molecule has 5 heteroatoms. The quantitative estimate of drug-likeness (QED) is 0.358. The van der Waals surface area contributed by atoms with Gasteiger partial charge in [-0.1, -0.05) is 36.6 Å². The number of benzene rings is 2. The first-order valence-electron chi connectivity index (χ1n) is 8.50. The summed E-state index contributed by atoms with van der Waals surface area (Å²) < 4.78 is 0. The van der Waals surface area contributed by atoms with E-state index < -0.39 is 0 Å². The van der Waals surface area contributed by atoms with Crippen LogP contribution in [0.2, 0.25) is 5.02 Å². The summed E-state index contributed by atoms with van der Waals surface area (Å²) in [7, 11) is 0. The normalized spacial score (nSPS) is 13.4. The van der Waals surface area contributed by atoms with Gasteiger partial charge in [-0.2, -0.15) is 0 Å². The maximum Gasteiger partial charge on any atom is 0.261 e. The molecule has 0 radical (unpaired) electrons. The Kier molecular flexibility index (Phi) is 6.16. The summed E-state index contributed by atoms with van der Waals surface area (Å²) in [5.41, 5.74) is 1.07. The molecule has 3 nitrogen and oxygen atoms in total. The predicted molar refractivity (Wildman–Crippen MR) is 102 cm³/mol. The van der Waals surface area contributed by atoms with Gasteiger partial charge in [-0.25, -0.2) is 0 Å². The molecule has 0 fully saturated rings. The van der Waals surface area contributed by atoms with E-state index in [2.05, 4.69) is 0 Å². The molecule has 1 aliphatic heterocycles. The first kappa shape index (κ1) is 18.0. The highest BCUT2D eigenvalue weighted by Crippen LogP contribution is 2.24. The minimum absolute atomic E-state index is 0.154. The second-order valence-corrected chi connectivity index (χ2v) is 7.63. The molecule has 0 unspecified atom stereocenters. The largest absolute Gasteiger partial charge is 0.274 e. The fourth-order valence-corrected chi connectivity index (χ4v) is 3.93. The average Bonchev–Trinajstić information content (AvgIpc) is 2.87. The fourth-order valence-electron chi connectivity index (χ4n) is 2.89. The van der Waals surface area contributed by atoms with Gasteiger partial charge in [0.25, 0.3) is 11.8 Å². The molecular formula is C20H20ClNO2S. The van der Waals surface area contributed by atoms with E-state index >= 15 is 0 Å². The van der Waals surface area contributed by atoms with Gasteiger partial charge in [0, 0.05) is 16.5 Å². The van der Waals surface area contributed by atoms with Crippen LogP contribution in [-0.2, 0) is 0 Å². The van der Waals surface area contributed by atoms with Crippen LogP contribution in [0.3, 0.4) is 0 Å². The Morgan fingerprint density at radius 2 is 1.40 bits per heavy atom. The van der Waals surface area contributed by atoms with Crippen molar-refractivity contribution in [2.45, 2.75) is 30.6 Å². The predicted octanol–water partition coefficient (Wildman–Crippen LogP) is 5.29. The van der Waals surface area contributed by atoms with Crippen LogP contribution in [0.1, 0.15) is 46.4 Å². The summed E-state index contributed by atoms with van der Waals surface area (Å²) in [6.45, 7) is 0.511. The summed E-state index contributed by atoms with van der Waals surface area (Å²) in [4.78, 5) is 27.1. The first-order valence-corrected chi connectivity index (χ1v) is 9.87. The van der Waals surface area contributed by atoms with Crippen molar-refractivity contribution in [1.82, 2.24) is 4.90 Å². The molecule has 2 aromatic rings. The van der Waals surface area contributed by atoms with E-state index in [1.54, 1.807) is 24.3 Å².